The van der Waals surface area contributed by atoms with Crippen LogP contribution in [0, 0.1) is 19.7 Å². The highest BCUT2D eigenvalue weighted by molar-refractivity contribution is 6.31. The first-order valence-electron chi connectivity index (χ1n) is 6.01. The lowest BCUT2D eigenvalue weighted by Crippen LogP contribution is -2.04. The molecule has 0 spiro atoms. The van der Waals surface area contributed by atoms with Crippen LogP contribution in [0.1, 0.15) is 27.0 Å². The van der Waals surface area contributed by atoms with Crippen molar-refractivity contribution in [3.05, 3.63) is 69.5 Å². The van der Waals surface area contributed by atoms with Crippen molar-refractivity contribution >= 4 is 17.4 Å². The Morgan fingerprint density at radius 3 is 2.32 bits per heavy atom. The van der Waals surface area contributed by atoms with Crippen molar-refractivity contribution in [2.45, 2.75) is 20.3 Å². The van der Waals surface area contributed by atoms with E-state index in [-0.39, 0.29) is 10.8 Å². The second kappa shape index (κ2) is 5.54. The smallest absolute Gasteiger partial charge is 0.167 e. The average molecular weight is 277 g/mol. The van der Waals surface area contributed by atoms with Gasteiger partial charge in [0.15, 0.2) is 5.78 Å². The van der Waals surface area contributed by atoms with Crippen LogP contribution >= 0.6 is 11.6 Å². The molecule has 0 atom stereocenters. The number of rotatable bonds is 3. The molecule has 0 fully saturated rings. The zero-order chi connectivity index (χ0) is 14.0. The highest BCUT2D eigenvalue weighted by Crippen LogP contribution is 2.18. The molecule has 2 aromatic rings. The number of hydrogen-bond acceptors (Lipinski definition) is 1. The van der Waals surface area contributed by atoms with Crippen molar-refractivity contribution in [1.29, 1.82) is 0 Å². The van der Waals surface area contributed by atoms with E-state index in [1.165, 1.54) is 18.2 Å². The molecule has 0 amide bonds. The van der Waals surface area contributed by atoms with Crippen LogP contribution in [-0.4, -0.2) is 5.78 Å². The molecule has 0 aliphatic heterocycles. The third-order valence-corrected chi connectivity index (χ3v) is 3.18. The maximum Gasteiger partial charge on any atom is 0.167 e. The van der Waals surface area contributed by atoms with Gasteiger partial charge in [-0.25, -0.2) is 4.39 Å². The molecule has 0 radical (unpaired) electrons. The first-order chi connectivity index (χ1) is 8.95. The molecule has 0 aliphatic carbocycles. The lowest BCUT2D eigenvalue weighted by atomic mass is 10.00. The van der Waals surface area contributed by atoms with Gasteiger partial charge in [-0.05, 0) is 37.6 Å². The summed E-state index contributed by atoms with van der Waals surface area (Å²) < 4.78 is 13.1. The summed E-state index contributed by atoms with van der Waals surface area (Å²) in [6.07, 6.45) is 0.296. The molecule has 2 rings (SSSR count). The molecule has 0 saturated carbocycles. The molecule has 0 aromatic heterocycles. The van der Waals surface area contributed by atoms with Crippen LogP contribution < -0.4 is 0 Å². The Balaban J connectivity index is 2.22. The highest BCUT2D eigenvalue weighted by Gasteiger charge is 2.10. The van der Waals surface area contributed by atoms with Crippen LogP contribution in [-0.2, 0) is 6.42 Å². The van der Waals surface area contributed by atoms with E-state index < -0.39 is 5.82 Å². The normalized spacial score (nSPS) is 10.5. The van der Waals surface area contributed by atoms with Gasteiger partial charge in [-0.1, -0.05) is 40.9 Å². The standard InChI is InChI=1S/C16H14ClFO/c1-10-5-11(2)7-12(6-10)8-16(19)13-3-4-15(18)14(17)9-13/h3-7,9H,8H2,1-2H3. The predicted molar refractivity (Wildman–Crippen MR) is 75.4 cm³/mol. The number of aryl methyl sites for hydroxylation is 2. The van der Waals surface area contributed by atoms with Crippen LogP contribution in [0.25, 0.3) is 0 Å². The fourth-order valence-corrected chi connectivity index (χ4v) is 2.31. The molecule has 0 bridgehead atoms. The summed E-state index contributed by atoms with van der Waals surface area (Å²) in [5.41, 5.74) is 3.65. The minimum Gasteiger partial charge on any atom is -0.294 e. The summed E-state index contributed by atoms with van der Waals surface area (Å²) in [7, 11) is 0. The minimum atomic E-state index is -0.510. The zero-order valence-electron chi connectivity index (χ0n) is 10.8. The van der Waals surface area contributed by atoms with Gasteiger partial charge in [-0.15, -0.1) is 0 Å². The van der Waals surface area contributed by atoms with Crippen LogP contribution in [0.5, 0.6) is 0 Å². The molecule has 0 aliphatic rings. The van der Waals surface area contributed by atoms with E-state index in [1.54, 1.807) is 0 Å². The van der Waals surface area contributed by atoms with E-state index in [0.717, 1.165) is 16.7 Å². The molecule has 98 valence electrons. The summed E-state index contributed by atoms with van der Waals surface area (Å²) in [4.78, 5) is 12.1. The summed E-state index contributed by atoms with van der Waals surface area (Å²) in [5.74, 6) is -0.573. The van der Waals surface area contributed by atoms with E-state index in [0.29, 0.717) is 12.0 Å². The largest absolute Gasteiger partial charge is 0.294 e. The molecule has 0 saturated heterocycles. The summed E-state index contributed by atoms with van der Waals surface area (Å²) in [5, 5.41) is -0.0220. The molecule has 2 aromatic carbocycles. The number of carbonyl (C=O) groups is 1. The average Bonchev–Trinajstić information content (AvgIpc) is 2.31. The van der Waals surface area contributed by atoms with Crippen molar-refractivity contribution in [2.24, 2.45) is 0 Å². The molecular weight excluding hydrogens is 263 g/mol. The Bertz CT molecular complexity index is 614. The van der Waals surface area contributed by atoms with Crippen molar-refractivity contribution in [3.63, 3.8) is 0 Å². The number of ketones is 1. The lowest BCUT2D eigenvalue weighted by Gasteiger charge is -2.05. The topological polar surface area (TPSA) is 17.1 Å². The van der Waals surface area contributed by atoms with E-state index >= 15 is 0 Å². The van der Waals surface area contributed by atoms with Gasteiger partial charge in [-0.2, -0.15) is 0 Å². The molecule has 1 nitrogen and oxygen atoms in total. The summed E-state index contributed by atoms with van der Waals surface area (Å²) in [6.45, 7) is 3.99. The number of halogens is 2. The predicted octanol–water partition coefficient (Wildman–Crippen LogP) is 4.52. The van der Waals surface area contributed by atoms with Crippen molar-refractivity contribution in [2.75, 3.05) is 0 Å². The number of benzene rings is 2. The van der Waals surface area contributed by atoms with Crippen LogP contribution in [0.2, 0.25) is 5.02 Å². The first kappa shape index (κ1) is 13.8. The summed E-state index contributed by atoms with van der Waals surface area (Å²) >= 11 is 5.68. The molecule has 0 heterocycles. The van der Waals surface area contributed by atoms with Crippen LogP contribution in [0.3, 0.4) is 0 Å². The molecular formula is C16H14ClFO. The third kappa shape index (κ3) is 3.42. The fraction of sp³-hybridized carbons (Fsp3) is 0.188. The van der Waals surface area contributed by atoms with E-state index in [9.17, 15) is 9.18 Å². The fourth-order valence-electron chi connectivity index (χ4n) is 2.13. The number of hydrogen-bond donors (Lipinski definition) is 0. The van der Waals surface area contributed by atoms with E-state index in [4.69, 9.17) is 11.6 Å². The quantitative estimate of drug-likeness (QED) is 0.753. The van der Waals surface area contributed by atoms with Gasteiger partial charge >= 0.3 is 0 Å². The monoisotopic (exact) mass is 276 g/mol. The van der Waals surface area contributed by atoms with Gasteiger partial charge in [0.2, 0.25) is 0 Å². The van der Waals surface area contributed by atoms with Crippen molar-refractivity contribution in [3.8, 4) is 0 Å². The number of carbonyl (C=O) groups excluding carboxylic acids is 1. The van der Waals surface area contributed by atoms with Gasteiger partial charge < -0.3 is 0 Å². The lowest BCUT2D eigenvalue weighted by molar-refractivity contribution is 0.0993. The minimum absolute atomic E-state index is 0.0220. The molecule has 19 heavy (non-hydrogen) atoms. The van der Waals surface area contributed by atoms with Crippen LogP contribution in [0.4, 0.5) is 4.39 Å². The van der Waals surface area contributed by atoms with Crippen molar-refractivity contribution in [1.82, 2.24) is 0 Å². The third-order valence-electron chi connectivity index (χ3n) is 2.89. The molecule has 0 unspecified atom stereocenters. The second-order valence-electron chi connectivity index (χ2n) is 4.72. The maximum atomic E-state index is 13.1. The van der Waals surface area contributed by atoms with Crippen LogP contribution in [0.15, 0.2) is 36.4 Å². The van der Waals surface area contributed by atoms with Gasteiger partial charge in [0, 0.05) is 12.0 Å². The van der Waals surface area contributed by atoms with Gasteiger partial charge in [-0.3, -0.25) is 4.79 Å². The highest BCUT2D eigenvalue weighted by atomic mass is 35.5. The Hall–Kier alpha value is -1.67. The maximum absolute atomic E-state index is 13.1. The van der Waals surface area contributed by atoms with E-state index in [2.05, 4.69) is 6.07 Å². The van der Waals surface area contributed by atoms with E-state index in [1.807, 2.05) is 26.0 Å². The molecule has 3 heteroatoms. The zero-order valence-corrected chi connectivity index (χ0v) is 11.6. The second-order valence-corrected chi connectivity index (χ2v) is 5.13. The Morgan fingerprint density at radius 2 is 1.74 bits per heavy atom. The van der Waals surface area contributed by atoms with Crippen molar-refractivity contribution < 1.29 is 9.18 Å². The van der Waals surface area contributed by atoms with Gasteiger partial charge in [0.25, 0.3) is 0 Å². The summed E-state index contributed by atoms with van der Waals surface area (Å²) in [6, 6.07) is 10.1. The Kier molecular flexibility index (Phi) is 4.01. The first-order valence-corrected chi connectivity index (χ1v) is 6.39. The Morgan fingerprint density at radius 1 is 1.11 bits per heavy atom. The van der Waals surface area contributed by atoms with Gasteiger partial charge in [0.1, 0.15) is 5.82 Å². The SMILES string of the molecule is Cc1cc(C)cc(CC(=O)c2ccc(F)c(Cl)c2)c1. The number of Topliss-reactive ketones (excluding diaryl/α,β-unsaturated/α-hetero) is 1. The van der Waals surface area contributed by atoms with Gasteiger partial charge in [0.05, 0.1) is 5.02 Å². The molecule has 0 N–H and O–H groups in total. The Labute approximate surface area is 117 Å².